The quantitative estimate of drug-likeness (QED) is 0.167. The molecule has 9 heteroatoms. The van der Waals surface area contributed by atoms with Gasteiger partial charge in [-0.15, -0.1) is 0 Å². The van der Waals surface area contributed by atoms with Crippen LogP contribution in [-0.2, 0) is 4.79 Å². The van der Waals surface area contributed by atoms with E-state index in [4.69, 9.17) is 32.7 Å². The van der Waals surface area contributed by atoms with Crippen LogP contribution in [0.4, 0.5) is 0 Å². The molecule has 0 saturated carbocycles. The molecule has 0 fully saturated rings. The van der Waals surface area contributed by atoms with E-state index >= 15 is 0 Å². The second-order valence-corrected chi connectivity index (χ2v) is 8.76. The van der Waals surface area contributed by atoms with Crippen LogP contribution in [0.2, 0.25) is 10.0 Å². The van der Waals surface area contributed by atoms with Gasteiger partial charge in [0.05, 0.1) is 21.3 Å². The number of halogens is 3. The lowest BCUT2D eigenvalue weighted by atomic mass is 10.1. The first-order valence-electron chi connectivity index (χ1n) is 9.71. The normalized spacial score (nSPS) is 10.8. The zero-order chi connectivity index (χ0) is 24.0. The fraction of sp³-hybridized carbons (Fsp3) is 0.125. The number of aryl methyl sites for hydroxylation is 2. The Balaban J connectivity index is 1.51. The predicted octanol–water partition coefficient (Wildman–Crippen LogP) is 6.12. The van der Waals surface area contributed by atoms with E-state index in [2.05, 4.69) is 26.5 Å². The molecular formula is C24H19BrCl2N2O4. The van der Waals surface area contributed by atoms with Crippen molar-refractivity contribution in [3.63, 3.8) is 0 Å². The standard InChI is InChI=1S/C24H19BrCl2N2O4/c1-14-9-15(2)23(20(25)10-14)32-13-22(30)29-28-12-16-3-6-18(7-4-16)33-24(31)19-8-5-17(26)11-21(19)27/h3-12H,13H2,1-2H3,(H,29,30). The van der Waals surface area contributed by atoms with Crippen molar-refractivity contribution in [2.75, 3.05) is 6.61 Å². The Morgan fingerprint density at radius 2 is 1.79 bits per heavy atom. The molecule has 0 saturated heterocycles. The summed E-state index contributed by atoms with van der Waals surface area (Å²) in [5.74, 6) is -0.0475. The third-order valence-corrected chi connectivity index (χ3v) is 5.50. The summed E-state index contributed by atoms with van der Waals surface area (Å²) >= 11 is 15.3. The Labute approximate surface area is 209 Å². The van der Waals surface area contributed by atoms with Crippen molar-refractivity contribution < 1.29 is 19.1 Å². The molecule has 0 bridgehead atoms. The predicted molar refractivity (Wildman–Crippen MR) is 133 cm³/mol. The van der Waals surface area contributed by atoms with Crippen LogP contribution in [0.15, 0.2) is 64.2 Å². The third-order valence-electron chi connectivity index (χ3n) is 4.37. The second kappa shape index (κ2) is 11.3. The van der Waals surface area contributed by atoms with Gasteiger partial charge in [-0.05, 0) is 95.0 Å². The number of amides is 1. The Morgan fingerprint density at radius 1 is 1.06 bits per heavy atom. The first kappa shape index (κ1) is 24.8. The third kappa shape index (κ3) is 7.05. The van der Waals surface area contributed by atoms with Crippen molar-refractivity contribution in [2.24, 2.45) is 5.10 Å². The molecule has 3 rings (SSSR count). The van der Waals surface area contributed by atoms with Crippen molar-refractivity contribution in [3.8, 4) is 11.5 Å². The molecule has 0 radical (unpaired) electrons. The summed E-state index contributed by atoms with van der Waals surface area (Å²) in [4.78, 5) is 24.3. The molecule has 0 spiro atoms. The Morgan fingerprint density at radius 3 is 2.45 bits per heavy atom. The van der Waals surface area contributed by atoms with Crippen LogP contribution in [-0.4, -0.2) is 24.7 Å². The zero-order valence-corrected chi connectivity index (χ0v) is 20.8. The van der Waals surface area contributed by atoms with Gasteiger partial charge in [0.25, 0.3) is 5.91 Å². The summed E-state index contributed by atoms with van der Waals surface area (Å²) in [5, 5.41) is 4.55. The summed E-state index contributed by atoms with van der Waals surface area (Å²) in [6.45, 7) is 3.71. The number of carbonyl (C=O) groups excluding carboxylic acids is 2. The largest absolute Gasteiger partial charge is 0.482 e. The highest BCUT2D eigenvalue weighted by Gasteiger charge is 2.13. The lowest BCUT2D eigenvalue weighted by Gasteiger charge is -2.11. The zero-order valence-electron chi connectivity index (χ0n) is 17.7. The van der Waals surface area contributed by atoms with E-state index in [9.17, 15) is 9.59 Å². The molecule has 1 amide bonds. The van der Waals surface area contributed by atoms with Gasteiger partial charge in [-0.2, -0.15) is 5.10 Å². The number of esters is 1. The van der Waals surface area contributed by atoms with E-state index in [1.807, 2.05) is 26.0 Å². The average Bonchev–Trinajstić information content (AvgIpc) is 2.74. The fourth-order valence-electron chi connectivity index (χ4n) is 2.87. The van der Waals surface area contributed by atoms with Gasteiger partial charge in [-0.1, -0.05) is 29.3 Å². The van der Waals surface area contributed by atoms with Crippen LogP contribution in [0.3, 0.4) is 0 Å². The maximum Gasteiger partial charge on any atom is 0.345 e. The van der Waals surface area contributed by atoms with Crippen molar-refractivity contribution in [1.29, 1.82) is 0 Å². The van der Waals surface area contributed by atoms with E-state index in [0.29, 0.717) is 22.1 Å². The molecule has 33 heavy (non-hydrogen) atoms. The topological polar surface area (TPSA) is 77.0 Å². The number of ether oxygens (including phenoxy) is 2. The second-order valence-electron chi connectivity index (χ2n) is 7.06. The Hall–Kier alpha value is -2.87. The summed E-state index contributed by atoms with van der Waals surface area (Å²) in [6.07, 6.45) is 1.46. The number of carbonyl (C=O) groups is 2. The number of hydrazone groups is 1. The molecule has 0 aliphatic heterocycles. The number of nitrogens with one attached hydrogen (secondary N) is 1. The molecule has 1 N–H and O–H groups in total. The van der Waals surface area contributed by atoms with Crippen LogP contribution in [0.25, 0.3) is 0 Å². The van der Waals surface area contributed by atoms with Crippen LogP contribution >= 0.6 is 39.1 Å². The molecule has 170 valence electrons. The molecular weight excluding hydrogens is 531 g/mol. The number of nitrogens with zero attached hydrogens (tertiary/aromatic N) is 1. The van der Waals surface area contributed by atoms with E-state index < -0.39 is 11.9 Å². The molecule has 6 nitrogen and oxygen atoms in total. The minimum atomic E-state index is -0.596. The minimum absolute atomic E-state index is 0.179. The monoisotopic (exact) mass is 548 g/mol. The van der Waals surface area contributed by atoms with Crippen molar-refractivity contribution in [1.82, 2.24) is 5.43 Å². The number of hydrogen-bond acceptors (Lipinski definition) is 5. The van der Waals surface area contributed by atoms with Crippen molar-refractivity contribution >= 4 is 57.2 Å². The molecule has 3 aromatic carbocycles. The molecule has 0 heterocycles. The SMILES string of the molecule is Cc1cc(C)c(OCC(=O)NN=Cc2ccc(OC(=O)c3ccc(Cl)cc3Cl)cc2)c(Br)c1. The highest BCUT2D eigenvalue weighted by Crippen LogP contribution is 2.30. The van der Waals surface area contributed by atoms with Gasteiger partial charge < -0.3 is 9.47 Å². The molecule has 0 aromatic heterocycles. The van der Waals surface area contributed by atoms with Crippen LogP contribution in [0.1, 0.15) is 27.0 Å². The smallest absolute Gasteiger partial charge is 0.345 e. The van der Waals surface area contributed by atoms with Gasteiger partial charge in [0, 0.05) is 5.02 Å². The molecule has 0 atom stereocenters. The van der Waals surface area contributed by atoms with Crippen molar-refractivity contribution in [3.05, 3.63) is 91.4 Å². The highest BCUT2D eigenvalue weighted by molar-refractivity contribution is 9.10. The van der Waals surface area contributed by atoms with Crippen LogP contribution in [0, 0.1) is 13.8 Å². The lowest BCUT2D eigenvalue weighted by molar-refractivity contribution is -0.123. The first-order chi connectivity index (χ1) is 15.7. The molecule has 0 unspecified atom stereocenters. The summed E-state index contributed by atoms with van der Waals surface area (Å²) in [7, 11) is 0. The summed E-state index contributed by atoms with van der Waals surface area (Å²) in [6, 6.07) is 15.0. The molecule has 3 aromatic rings. The highest BCUT2D eigenvalue weighted by atomic mass is 79.9. The number of benzene rings is 3. The van der Waals surface area contributed by atoms with Crippen LogP contribution < -0.4 is 14.9 Å². The molecule has 0 aliphatic carbocycles. The van der Waals surface area contributed by atoms with Gasteiger partial charge in [-0.3, -0.25) is 4.79 Å². The molecule has 0 aliphatic rings. The van der Waals surface area contributed by atoms with Gasteiger partial charge in [0.15, 0.2) is 6.61 Å². The summed E-state index contributed by atoms with van der Waals surface area (Å²) in [5.41, 5.74) is 5.34. The fourth-order valence-corrected chi connectivity index (χ4v) is 4.15. The van der Waals surface area contributed by atoms with Gasteiger partial charge in [0.2, 0.25) is 0 Å². The number of hydrogen-bond donors (Lipinski definition) is 1. The van der Waals surface area contributed by atoms with E-state index in [1.54, 1.807) is 30.3 Å². The summed E-state index contributed by atoms with van der Waals surface area (Å²) < 4.78 is 11.7. The van der Waals surface area contributed by atoms with Crippen molar-refractivity contribution in [2.45, 2.75) is 13.8 Å². The van der Waals surface area contributed by atoms with Gasteiger partial charge >= 0.3 is 5.97 Å². The Bertz CT molecular complexity index is 1190. The average molecular weight is 550 g/mol. The maximum absolute atomic E-state index is 12.3. The number of rotatable bonds is 7. The van der Waals surface area contributed by atoms with E-state index in [1.165, 1.54) is 18.3 Å². The lowest BCUT2D eigenvalue weighted by Crippen LogP contribution is -2.24. The van der Waals surface area contributed by atoms with Gasteiger partial charge in [0.1, 0.15) is 11.5 Å². The van der Waals surface area contributed by atoms with E-state index in [-0.39, 0.29) is 17.2 Å². The maximum atomic E-state index is 12.3. The Kier molecular flexibility index (Phi) is 8.49. The van der Waals surface area contributed by atoms with Crippen LogP contribution in [0.5, 0.6) is 11.5 Å². The first-order valence-corrected chi connectivity index (χ1v) is 11.3. The van der Waals surface area contributed by atoms with Gasteiger partial charge in [-0.25, -0.2) is 10.2 Å². The minimum Gasteiger partial charge on any atom is -0.482 e. The van der Waals surface area contributed by atoms with E-state index in [0.717, 1.165) is 15.6 Å².